The summed E-state index contributed by atoms with van der Waals surface area (Å²) in [5, 5.41) is 7.92. The summed E-state index contributed by atoms with van der Waals surface area (Å²) in [6.45, 7) is 5.35. The molecule has 2 amide bonds. The highest BCUT2D eigenvalue weighted by Crippen LogP contribution is 2.24. The minimum atomic E-state index is -0.751. The maximum absolute atomic E-state index is 13.0. The van der Waals surface area contributed by atoms with Gasteiger partial charge in [0, 0.05) is 10.9 Å². The number of anilines is 1. The number of amides is 2. The number of hydrogen-bond acceptors (Lipinski definition) is 5. The van der Waals surface area contributed by atoms with E-state index >= 15 is 0 Å². The molecule has 7 heteroatoms. The lowest BCUT2D eigenvalue weighted by molar-refractivity contribution is -0.118. The van der Waals surface area contributed by atoms with Crippen LogP contribution in [0.15, 0.2) is 66.0 Å². The fraction of sp³-hybridized carbons (Fsp3) is 0.292. The first-order valence-corrected chi connectivity index (χ1v) is 11.0. The number of hydrogen-bond donors (Lipinski definition) is 2. The molecule has 0 aliphatic rings. The third kappa shape index (κ3) is 7.22. The van der Waals surface area contributed by atoms with Gasteiger partial charge in [0.05, 0.1) is 5.69 Å². The van der Waals surface area contributed by atoms with Gasteiger partial charge in [-0.3, -0.25) is 4.79 Å². The normalized spacial score (nSPS) is 12.1. The summed E-state index contributed by atoms with van der Waals surface area (Å²) < 4.78 is 5.34. The molecule has 1 aromatic heterocycles. The van der Waals surface area contributed by atoms with Crippen molar-refractivity contribution in [3.8, 4) is 11.3 Å². The standard InChI is InChI=1S/C24H27N3O3S/c1-24(2,3)30-23(29)26-19(15-14-17-10-6-4-7-11-17)21(28)27-22-25-20(16-31-22)18-12-8-5-9-13-18/h4-13,16,19H,14-15H2,1-3H3,(H,26,29)(H,25,27,28). The second kappa shape index (κ2) is 10.2. The summed E-state index contributed by atoms with van der Waals surface area (Å²) in [4.78, 5) is 29.8. The zero-order valence-electron chi connectivity index (χ0n) is 17.9. The molecule has 2 aromatic carbocycles. The molecule has 2 N–H and O–H groups in total. The van der Waals surface area contributed by atoms with Gasteiger partial charge in [0.25, 0.3) is 0 Å². The smallest absolute Gasteiger partial charge is 0.408 e. The van der Waals surface area contributed by atoms with Gasteiger partial charge in [-0.15, -0.1) is 11.3 Å². The number of nitrogens with zero attached hydrogens (tertiary/aromatic N) is 1. The van der Waals surface area contributed by atoms with Crippen molar-refractivity contribution in [2.24, 2.45) is 0 Å². The summed E-state index contributed by atoms with van der Waals surface area (Å²) in [7, 11) is 0. The average molecular weight is 438 g/mol. The van der Waals surface area contributed by atoms with E-state index < -0.39 is 17.7 Å². The number of rotatable bonds is 7. The van der Waals surface area contributed by atoms with Crippen LogP contribution in [0, 0.1) is 0 Å². The van der Waals surface area contributed by atoms with Crippen LogP contribution in [0.5, 0.6) is 0 Å². The summed E-state index contributed by atoms with van der Waals surface area (Å²) >= 11 is 1.35. The van der Waals surface area contributed by atoms with E-state index in [-0.39, 0.29) is 5.91 Å². The Morgan fingerprint density at radius 3 is 2.32 bits per heavy atom. The molecule has 0 aliphatic heterocycles. The molecular formula is C24H27N3O3S. The Kier molecular flexibility index (Phi) is 7.41. The van der Waals surface area contributed by atoms with Gasteiger partial charge in [-0.2, -0.15) is 0 Å². The molecule has 6 nitrogen and oxygen atoms in total. The van der Waals surface area contributed by atoms with Crippen molar-refractivity contribution in [3.63, 3.8) is 0 Å². The number of benzene rings is 2. The molecule has 31 heavy (non-hydrogen) atoms. The molecule has 1 unspecified atom stereocenters. The molecule has 1 atom stereocenters. The lowest BCUT2D eigenvalue weighted by Gasteiger charge is -2.23. The predicted octanol–water partition coefficient (Wildman–Crippen LogP) is 5.27. The van der Waals surface area contributed by atoms with Gasteiger partial charge in [-0.25, -0.2) is 9.78 Å². The van der Waals surface area contributed by atoms with E-state index in [0.717, 1.165) is 16.8 Å². The van der Waals surface area contributed by atoms with Gasteiger partial charge in [-0.05, 0) is 39.2 Å². The van der Waals surface area contributed by atoms with Crippen LogP contribution in [0.1, 0.15) is 32.8 Å². The van der Waals surface area contributed by atoms with E-state index in [9.17, 15) is 9.59 Å². The molecule has 0 spiro atoms. The molecule has 3 rings (SSSR count). The van der Waals surface area contributed by atoms with Gasteiger partial charge >= 0.3 is 6.09 Å². The number of alkyl carbamates (subject to hydrolysis) is 1. The first-order valence-electron chi connectivity index (χ1n) is 10.2. The van der Waals surface area contributed by atoms with Crippen LogP contribution in [0.25, 0.3) is 11.3 Å². The van der Waals surface area contributed by atoms with Crippen molar-refractivity contribution in [3.05, 3.63) is 71.6 Å². The maximum Gasteiger partial charge on any atom is 0.408 e. The van der Waals surface area contributed by atoms with E-state index in [4.69, 9.17) is 4.74 Å². The summed E-state index contributed by atoms with van der Waals surface area (Å²) in [5.41, 5.74) is 2.21. The average Bonchev–Trinajstić information content (AvgIpc) is 3.19. The molecule has 0 saturated heterocycles. The summed E-state index contributed by atoms with van der Waals surface area (Å²) in [5.74, 6) is -0.323. The number of aryl methyl sites for hydroxylation is 1. The molecule has 3 aromatic rings. The molecule has 162 valence electrons. The highest BCUT2D eigenvalue weighted by molar-refractivity contribution is 7.14. The molecule has 0 saturated carbocycles. The van der Waals surface area contributed by atoms with E-state index in [2.05, 4.69) is 15.6 Å². The monoisotopic (exact) mass is 437 g/mol. The quantitative estimate of drug-likeness (QED) is 0.527. The van der Waals surface area contributed by atoms with Crippen LogP contribution in [0.2, 0.25) is 0 Å². The Morgan fingerprint density at radius 2 is 1.68 bits per heavy atom. The van der Waals surface area contributed by atoms with Gasteiger partial charge in [0.2, 0.25) is 5.91 Å². The minimum Gasteiger partial charge on any atom is -0.444 e. The summed E-state index contributed by atoms with van der Waals surface area (Å²) in [6, 6.07) is 18.8. The fourth-order valence-corrected chi connectivity index (χ4v) is 3.66. The first kappa shape index (κ1) is 22.5. The molecule has 0 bridgehead atoms. The third-order valence-corrected chi connectivity index (χ3v) is 5.13. The van der Waals surface area contributed by atoms with Crippen LogP contribution in [0.4, 0.5) is 9.93 Å². The summed E-state index contributed by atoms with van der Waals surface area (Å²) in [6.07, 6.45) is 0.457. The van der Waals surface area contributed by atoms with E-state index in [0.29, 0.717) is 18.0 Å². The molecule has 1 heterocycles. The maximum atomic E-state index is 13.0. The van der Waals surface area contributed by atoms with Gasteiger partial charge in [0.1, 0.15) is 11.6 Å². The van der Waals surface area contributed by atoms with E-state index in [1.54, 1.807) is 20.8 Å². The van der Waals surface area contributed by atoms with Crippen molar-refractivity contribution in [1.29, 1.82) is 0 Å². The Balaban J connectivity index is 1.68. The van der Waals surface area contributed by atoms with Gasteiger partial charge < -0.3 is 15.4 Å². The zero-order valence-corrected chi connectivity index (χ0v) is 18.7. The molecule has 0 radical (unpaired) electrons. The Bertz CT molecular complexity index is 998. The third-order valence-electron chi connectivity index (χ3n) is 4.38. The second-order valence-electron chi connectivity index (χ2n) is 8.12. The number of ether oxygens (including phenoxy) is 1. The second-order valence-corrected chi connectivity index (χ2v) is 8.97. The Labute approximate surface area is 186 Å². The SMILES string of the molecule is CC(C)(C)OC(=O)NC(CCc1ccccc1)C(=O)Nc1nc(-c2ccccc2)cs1. The number of thiazole rings is 1. The molecular weight excluding hydrogens is 410 g/mol. The van der Waals surface area contributed by atoms with Crippen LogP contribution >= 0.6 is 11.3 Å². The Morgan fingerprint density at radius 1 is 1.03 bits per heavy atom. The highest BCUT2D eigenvalue weighted by Gasteiger charge is 2.25. The van der Waals surface area contributed by atoms with Crippen molar-refractivity contribution in [2.75, 3.05) is 5.32 Å². The van der Waals surface area contributed by atoms with Crippen molar-refractivity contribution >= 4 is 28.5 Å². The molecule has 0 aliphatic carbocycles. The van der Waals surface area contributed by atoms with Gasteiger partial charge in [-0.1, -0.05) is 60.7 Å². The topological polar surface area (TPSA) is 80.3 Å². The first-order chi connectivity index (χ1) is 14.8. The number of carbonyl (C=O) groups excluding carboxylic acids is 2. The van der Waals surface area contributed by atoms with Crippen molar-refractivity contribution in [2.45, 2.75) is 45.3 Å². The van der Waals surface area contributed by atoms with Crippen molar-refractivity contribution in [1.82, 2.24) is 10.3 Å². The minimum absolute atomic E-state index is 0.323. The highest BCUT2D eigenvalue weighted by atomic mass is 32.1. The van der Waals surface area contributed by atoms with Gasteiger partial charge in [0.15, 0.2) is 5.13 Å². The van der Waals surface area contributed by atoms with Crippen LogP contribution in [-0.2, 0) is 16.0 Å². The predicted molar refractivity (Wildman–Crippen MR) is 124 cm³/mol. The van der Waals surface area contributed by atoms with Crippen LogP contribution in [-0.4, -0.2) is 28.6 Å². The largest absolute Gasteiger partial charge is 0.444 e. The van der Waals surface area contributed by atoms with Crippen molar-refractivity contribution < 1.29 is 14.3 Å². The van der Waals surface area contributed by atoms with E-state index in [1.807, 2.05) is 66.0 Å². The number of aromatic nitrogens is 1. The van der Waals surface area contributed by atoms with Crippen LogP contribution < -0.4 is 10.6 Å². The Hall–Kier alpha value is -3.19. The molecule has 0 fully saturated rings. The zero-order chi connectivity index (χ0) is 22.3. The number of carbonyl (C=O) groups is 2. The fourth-order valence-electron chi connectivity index (χ4n) is 2.94. The number of nitrogens with one attached hydrogen (secondary N) is 2. The van der Waals surface area contributed by atoms with Crippen LogP contribution in [0.3, 0.4) is 0 Å². The lowest BCUT2D eigenvalue weighted by atomic mass is 10.0. The lowest BCUT2D eigenvalue weighted by Crippen LogP contribution is -2.46. The van der Waals surface area contributed by atoms with E-state index in [1.165, 1.54) is 11.3 Å².